The van der Waals surface area contributed by atoms with Crippen molar-refractivity contribution < 1.29 is 14.3 Å². The third kappa shape index (κ3) is 2.86. The lowest BCUT2D eigenvalue weighted by atomic mass is 9.94. The Morgan fingerprint density at radius 3 is 2.80 bits per heavy atom. The van der Waals surface area contributed by atoms with Gasteiger partial charge in [-0.2, -0.15) is 0 Å². The molecule has 7 heteroatoms. The highest BCUT2D eigenvalue weighted by atomic mass is 16.6. The van der Waals surface area contributed by atoms with Crippen LogP contribution in [0, 0.1) is 0 Å². The Morgan fingerprint density at radius 2 is 1.93 bits per heavy atom. The van der Waals surface area contributed by atoms with Gasteiger partial charge in [0.2, 0.25) is 5.95 Å². The first-order valence-corrected chi connectivity index (χ1v) is 9.86. The Kier molecular flexibility index (Phi) is 4.52. The molecule has 30 heavy (non-hydrogen) atoms. The molecule has 7 nitrogen and oxygen atoms in total. The van der Waals surface area contributed by atoms with E-state index in [1.807, 2.05) is 55.6 Å². The van der Waals surface area contributed by atoms with Gasteiger partial charge in [-0.15, -0.1) is 0 Å². The summed E-state index contributed by atoms with van der Waals surface area (Å²) in [5, 5.41) is 4.36. The largest absolute Gasteiger partial charge is 0.460 e. The average molecular weight is 402 g/mol. The normalized spacial score (nSPS) is 16.0. The van der Waals surface area contributed by atoms with Crippen molar-refractivity contribution in [2.45, 2.75) is 13.0 Å². The third-order valence-corrected chi connectivity index (χ3v) is 5.49. The molecule has 0 spiro atoms. The molecule has 0 saturated carbocycles. The van der Waals surface area contributed by atoms with Crippen LogP contribution in [0.2, 0.25) is 0 Å². The number of methoxy groups -OCH3 is 1. The fraction of sp³-hybridized carbons (Fsp3) is 0.217. The number of para-hydroxylation sites is 3. The summed E-state index contributed by atoms with van der Waals surface area (Å²) in [5.74, 6) is 0.341. The molecular weight excluding hydrogens is 380 g/mol. The molecule has 0 bridgehead atoms. The highest BCUT2D eigenvalue weighted by molar-refractivity contribution is 5.96. The van der Waals surface area contributed by atoms with Crippen LogP contribution in [0.15, 0.2) is 66.0 Å². The van der Waals surface area contributed by atoms with Gasteiger partial charge in [0.15, 0.2) is 0 Å². The number of aromatic nitrogens is 3. The van der Waals surface area contributed by atoms with Gasteiger partial charge in [0.25, 0.3) is 0 Å². The van der Waals surface area contributed by atoms with Crippen molar-refractivity contribution >= 4 is 33.9 Å². The van der Waals surface area contributed by atoms with Gasteiger partial charge in [0, 0.05) is 35.5 Å². The number of nitrogens with one attached hydrogen (secondary N) is 2. The summed E-state index contributed by atoms with van der Waals surface area (Å²) < 4.78 is 12.6. The lowest BCUT2D eigenvalue weighted by molar-refractivity contribution is -0.140. The summed E-state index contributed by atoms with van der Waals surface area (Å²) in [7, 11) is 1.58. The molecule has 0 radical (unpaired) electrons. The van der Waals surface area contributed by atoms with Gasteiger partial charge in [0.1, 0.15) is 6.61 Å². The van der Waals surface area contributed by atoms with Crippen LogP contribution in [0.5, 0.6) is 0 Å². The van der Waals surface area contributed by atoms with E-state index in [0.29, 0.717) is 18.1 Å². The van der Waals surface area contributed by atoms with Crippen molar-refractivity contribution in [2.75, 3.05) is 25.6 Å². The highest BCUT2D eigenvalue weighted by Crippen LogP contribution is 2.41. The SMILES string of the molecule is COCCOC(=O)C1=C(C)Nc2nc3ccccc3n2C1c1c[nH]c2ccccc12. The lowest BCUT2D eigenvalue weighted by Crippen LogP contribution is -2.29. The van der Waals surface area contributed by atoms with Gasteiger partial charge >= 0.3 is 5.97 Å². The van der Waals surface area contributed by atoms with Crippen LogP contribution >= 0.6 is 0 Å². The van der Waals surface area contributed by atoms with E-state index >= 15 is 0 Å². The number of carbonyl (C=O) groups is 1. The summed E-state index contributed by atoms with van der Waals surface area (Å²) in [4.78, 5) is 21.3. The zero-order valence-corrected chi connectivity index (χ0v) is 16.8. The number of H-pyrrole nitrogens is 1. The molecule has 1 unspecified atom stereocenters. The number of hydrogen-bond acceptors (Lipinski definition) is 5. The molecule has 1 aliphatic rings. The van der Waals surface area contributed by atoms with Crippen LogP contribution in [0.3, 0.4) is 0 Å². The predicted octanol–water partition coefficient (Wildman–Crippen LogP) is 4.00. The first kappa shape index (κ1) is 18.4. The molecule has 0 aliphatic carbocycles. The number of anilines is 1. The lowest BCUT2D eigenvalue weighted by Gasteiger charge is -2.29. The smallest absolute Gasteiger partial charge is 0.338 e. The van der Waals surface area contributed by atoms with E-state index in [0.717, 1.165) is 33.2 Å². The number of imidazole rings is 1. The third-order valence-electron chi connectivity index (χ3n) is 5.49. The number of nitrogens with zero attached hydrogens (tertiary/aromatic N) is 2. The summed E-state index contributed by atoms with van der Waals surface area (Å²) in [6.07, 6.45) is 1.97. The number of ether oxygens (including phenoxy) is 2. The number of rotatable bonds is 5. The van der Waals surface area contributed by atoms with Crippen molar-refractivity contribution in [3.05, 3.63) is 71.6 Å². The second kappa shape index (κ2) is 7.35. The van der Waals surface area contributed by atoms with E-state index in [4.69, 9.17) is 14.5 Å². The van der Waals surface area contributed by atoms with E-state index < -0.39 is 0 Å². The molecule has 0 amide bonds. The van der Waals surface area contributed by atoms with Crippen molar-refractivity contribution in [2.24, 2.45) is 0 Å². The molecule has 3 heterocycles. The number of fused-ring (bicyclic) bond motifs is 4. The van der Waals surface area contributed by atoms with E-state index in [-0.39, 0.29) is 18.6 Å². The van der Waals surface area contributed by atoms with E-state index in [9.17, 15) is 4.79 Å². The Balaban J connectivity index is 1.72. The van der Waals surface area contributed by atoms with Crippen LogP contribution < -0.4 is 5.32 Å². The Hall–Kier alpha value is -3.58. The first-order valence-electron chi connectivity index (χ1n) is 9.86. The molecule has 0 saturated heterocycles. The minimum absolute atomic E-state index is 0.199. The Morgan fingerprint density at radius 1 is 1.13 bits per heavy atom. The molecule has 1 aliphatic heterocycles. The van der Waals surface area contributed by atoms with Crippen LogP contribution in [-0.2, 0) is 14.3 Å². The molecule has 4 aromatic rings. The van der Waals surface area contributed by atoms with E-state index in [1.54, 1.807) is 7.11 Å². The maximum atomic E-state index is 13.2. The Bertz CT molecular complexity index is 1280. The first-order chi connectivity index (χ1) is 14.7. The zero-order chi connectivity index (χ0) is 20.7. The van der Waals surface area contributed by atoms with Crippen molar-refractivity contribution in [3.63, 3.8) is 0 Å². The maximum absolute atomic E-state index is 13.2. The summed E-state index contributed by atoms with van der Waals surface area (Å²) in [6.45, 7) is 2.43. The highest BCUT2D eigenvalue weighted by Gasteiger charge is 2.36. The number of aromatic amines is 1. The van der Waals surface area contributed by atoms with E-state index in [2.05, 4.69) is 20.9 Å². The van der Waals surface area contributed by atoms with Crippen molar-refractivity contribution in [1.29, 1.82) is 0 Å². The van der Waals surface area contributed by atoms with Gasteiger partial charge in [-0.3, -0.25) is 4.57 Å². The van der Waals surface area contributed by atoms with Crippen LogP contribution in [-0.4, -0.2) is 40.8 Å². The minimum Gasteiger partial charge on any atom is -0.460 e. The minimum atomic E-state index is -0.375. The molecule has 2 aromatic carbocycles. The molecule has 0 fully saturated rings. The number of carbonyl (C=O) groups excluding carboxylic acids is 1. The number of benzene rings is 2. The number of esters is 1. The fourth-order valence-corrected chi connectivity index (χ4v) is 4.14. The molecule has 5 rings (SSSR count). The van der Waals surface area contributed by atoms with Crippen LogP contribution in [0.4, 0.5) is 5.95 Å². The van der Waals surface area contributed by atoms with Crippen molar-refractivity contribution in [1.82, 2.24) is 14.5 Å². The molecule has 1 atom stereocenters. The standard InChI is InChI=1S/C23H22N4O3/c1-14-20(22(28)30-12-11-29-2)21(16-13-24-17-8-4-3-7-15(16)17)27-19-10-6-5-9-18(19)26-23(27)25-14/h3-10,13,21,24H,11-12H2,1-2H3,(H,25,26). The van der Waals surface area contributed by atoms with Gasteiger partial charge in [-0.05, 0) is 25.1 Å². The van der Waals surface area contributed by atoms with E-state index in [1.165, 1.54) is 0 Å². The average Bonchev–Trinajstić information content (AvgIpc) is 3.34. The van der Waals surface area contributed by atoms with Gasteiger partial charge < -0.3 is 19.8 Å². The quantitative estimate of drug-likeness (QED) is 0.390. The monoisotopic (exact) mass is 402 g/mol. The number of allylic oxidation sites excluding steroid dienone is 1. The second-order valence-corrected chi connectivity index (χ2v) is 7.28. The predicted molar refractivity (Wildman–Crippen MR) is 115 cm³/mol. The molecular formula is C23H22N4O3. The molecule has 2 aromatic heterocycles. The summed E-state index contributed by atoms with van der Waals surface area (Å²) >= 11 is 0. The van der Waals surface area contributed by atoms with Crippen LogP contribution in [0.1, 0.15) is 18.5 Å². The van der Waals surface area contributed by atoms with Crippen molar-refractivity contribution in [3.8, 4) is 0 Å². The number of hydrogen-bond donors (Lipinski definition) is 2. The van der Waals surface area contributed by atoms with Crippen LogP contribution in [0.25, 0.3) is 21.9 Å². The topological polar surface area (TPSA) is 81.2 Å². The van der Waals surface area contributed by atoms with Gasteiger partial charge in [-0.25, -0.2) is 9.78 Å². The fourth-order valence-electron chi connectivity index (χ4n) is 4.14. The second-order valence-electron chi connectivity index (χ2n) is 7.28. The summed E-state index contributed by atoms with van der Waals surface area (Å²) in [6, 6.07) is 15.6. The zero-order valence-electron chi connectivity index (χ0n) is 16.8. The van der Waals surface area contributed by atoms with Gasteiger partial charge in [0.05, 0.1) is 29.3 Å². The molecule has 152 valence electrons. The van der Waals surface area contributed by atoms with Gasteiger partial charge in [-0.1, -0.05) is 30.3 Å². The summed E-state index contributed by atoms with van der Waals surface area (Å²) in [5.41, 5.74) is 5.12. The Labute approximate surface area is 173 Å². The molecule has 2 N–H and O–H groups in total. The maximum Gasteiger partial charge on any atom is 0.338 e.